The van der Waals surface area contributed by atoms with E-state index in [0.717, 1.165) is 5.69 Å². The Bertz CT molecular complexity index is 379. The molecule has 4 nitrogen and oxygen atoms in total. The van der Waals surface area contributed by atoms with Crippen LogP contribution in [-0.2, 0) is 0 Å². The molecule has 0 spiro atoms. The van der Waals surface area contributed by atoms with Crippen LogP contribution in [0.2, 0.25) is 0 Å². The first kappa shape index (κ1) is 11.1. The van der Waals surface area contributed by atoms with Gasteiger partial charge in [-0.1, -0.05) is 0 Å². The number of aromatic nitrogens is 2. The maximum Gasteiger partial charge on any atom is 0.238 e. The van der Waals surface area contributed by atoms with Crippen LogP contribution < -0.4 is 4.74 Å². The van der Waals surface area contributed by atoms with Gasteiger partial charge in [-0.05, 0) is 38.8 Å². The molecule has 0 N–H and O–H groups in total. The van der Waals surface area contributed by atoms with Crippen molar-refractivity contribution in [2.45, 2.75) is 13.8 Å². The summed E-state index contributed by atoms with van der Waals surface area (Å²) >= 11 is 0. The number of aryl methyl sites for hydroxylation is 1. The molecule has 0 saturated heterocycles. The molecular formula is C11H13N3O. The van der Waals surface area contributed by atoms with Crippen LogP contribution in [0.25, 0.3) is 0 Å². The number of ether oxygens (including phenoxy) is 1. The van der Waals surface area contributed by atoms with Crippen LogP contribution >= 0.6 is 0 Å². The van der Waals surface area contributed by atoms with Crippen LogP contribution in [-0.4, -0.2) is 16.9 Å². The van der Waals surface area contributed by atoms with Gasteiger partial charge in [0, 0.05) is 12.3 Å². The van der Waals surface area contributed by atoms with Crippen molar-refractivity contribution in [3.8, 4) is 5.88 Å². The molecule has 0 saturated carbocycles. The van der Waals surface area contributed by atoms with Crippen molar-refractivity contribution in [2.75, 3.05) is 0 Å². The molecule has 0 bridgehead atoms. The normalized spacial score (nSPS) is 11.7. The number of aliphatic imine (C=N–C) groups is 1. The lowest BCUT2D eigenvalue weighted by Gasteiger charge is -2.02. The highest BCUT2D eigenvalue weighted by Crippen LogP contribution is 2.08. The summed E-state index contributed by atoms with van der Waals surface area (Å²) in [6.07, 6.45) is 5.09. The average molecular weight is 203 g/mol. The summed E-state index contributed by atoms with van der Waals surface area (Å²) in [6.45, 7) is 7.02. The first-order chi connectivity index (χ1) is 7.22. The van der Waals surface area contributed by atoms with E-state index in [-0.39, 0.29) is 0 Å². The Hall–Kier alpha value is -1.97. The highest BCUT2D eigenvalue weighted by molar-refractivity contribution is 5.26. The Morgan fingerprint density at radius 1 is 1.47 bits per heavy atom. The molecule has 0 radical (unpaired) electrons. The van der Waals surface area contributed by atoms with Gasteiger partial charge >= 0.3 is 0 Å². The molecule has 1 aromatic rings. The van der Waals surface area contributed by atoms with Crippen LogP contribution in [0.4, 0.5) is 0 Å². The van der Waals surface area contributed by atoms with Crippen molar-refractivity contribution in [2.24, 2.45) is 4.99 Å². The molecule has 0 aliphatic carbocycles. The van der Waals surface area contributed by atoms with Crippen LogP contribution in [0.15, 0.2) is 41.2 Å². The molecule has 0 amide bonds. The molecule has 1 heterocycles. The van der Waals surface area contributed by atoms with Gasteiger partial charge in [0.05, 0.1) is 5.69 Å². The van der Waals surface area contributed by atoms with E-state index >= 15 is 0 Å². The Morgan fingerprint density at radius 2 is 2.27 bits per heavy atom. The Kier molecular flexibility index (Phi) is 4.22. The van der Waals surface area contributed by atoms with Gasteiger partial charge in [-0.2, -0.15) is 5.10 Å². The summed E-state index contributed by atoms with van der Waals surface area (Å²) in [5.74, 6) is 1.20. The van der Waals surface area contributed by atoms with E-state index in [0.29, 0.717) is 11.6 Å². The molecule has 0 aliphatic heterocycles. The van der Waals surface area contributed by atoms with E-state index in [9.17, 15) is 0 Å². The maximum absolute atomic E-state index is 5.39. The van der Waals surface area contributed by atoms with E-state index < -0.39 is 0 Å². The number of hydrogen-bond donors (Lipinski definition) is 0. The first-order valence-electron chi connectivity index (χ1n) is 4.50. The second-order valence-corrected chi connectivity index (χ2v) is 2.92. The summed E-state index contributed by atoms with van der Waals surface area (Å²) in [6, 6.07) is 3.62. The zero-order valence-corrected chi connectivity index (χ0v) is 8.84. The van der Waals surface area contributed by atoms with Crippen molar-refractivity contribution < 1.29 is 4.74 Å². The minimum Gasteiger partial charge on any atom is -0.442 e. The van der Waals surface area contributed by atoms with E-state index in [1.807, 2.05) is 19.9 Å². The average Bonchev–Trinajstić information content (AvgIpc) is 2.22. The molecule has 0 aromatic carbocycles. The van der Waals surface area contributed by atoms with E-state index in [4.69, 9.17) is 4.74 Å². The van der Waals surface area contributed by atoms with Crippen molar-refractivity contribution in [1.29, 1.82) is 0 Å². The van der Waals surface area contributed by atoms with Crippen LogP contribution in [0, 0.1) is 6.92 Å². The number of allylic oxidation sites excluding steroid dienone is 3. The highest BCUT2D eigenvalue weighted by atomic mass is 16.5. The third-order valence-corrected chi connectivity index (χ3v) is 1.56. The Balaban J connectivity index is 2.61. The monoisotopic (exact) mass is 203 g/mol. The third-order valence-electron chi connectivity index (χ3n) is 1.56. The van der Waals surface area contributed by atoms with Gasteiger partial charge in [-0.25, -0.2) is 0 Å². The molecule has 0 unspecified atom stereocenters. The summed E-state index contributed by atoms with van der Waals surface area (Å²) in [4.78, 5) is 3.57. The largest absolute Gasteiger partial charge is 0.442 e. The minimum atomic E-state index is 0.481. The zero-order valence-electron chi connectivity index (χ0n) is 8.84. The van der Waals surface area contributed by atoms with Gasteiger partial charge in [0.25, 0.3) is 0 Å². The molecule has 0 fully saturated rings. The Morgan fingerprint density at radius 3 is 2.87 bits per heavy atom. The van der Waals surface area contributed by atoms with Crippen molar-refractivity contribution in [3.63, 3.8) is 0 Å². The SMILES string of the molecule is C=N/C=C\C=C(/C)Oc1ccc(C)nn1. The van der Waals surface area contributed by atoms with Gasteiger partial charge in [-0.15, -0.1) is 5.10 Å². The summed E-state index contributed by atoms with van der Waals surface area (Å²) in [5, 5.41) is 7.75. The van der Waals surface area contributed by atoms with E-state index in [1.54, 1.807) is 24.4 Å². The van der Waals surface area contributed by atoms with Gasteiger partial charge in [0.15, 0.2) is 0 Å². The van der Waals surface area contributed by atoms with Gasteiger partial charge in [-0.3, -0.25) is 4.99 Å². The molecular weight excluding hydrogens is 190 g/mol. The smallest absolute Gasteiger partial charge is 0.238 e. The first-order valence-corrected chi connectivity index (χ1v) is 4.50. The number of hydrogen-bond acceptors (Lipinski definition) is 4. The van der Waals surface area contributed by atoms with E-state index in [1.165, 1.54) is 0 Å². The molecule has 1 rings (SSSR count). The molecule has 78 valence electrons. The fourth-order valence-electron chi connectivity index (χ4n) is 0.879. The van der Waals surface area contributed by atoms with Crippen molar-refractivity contribution in [1.82, 2.24) is 10.2 Å². The molecule has 15 heavy (non-hydrogen) atoms. The lowest BCUT2D eigenvalue weighted by molar-refractivity contribution is 0.404. The highest BCUT2D eigenvalue weighted by Gasteiger charge is 1.96. The fraction of sp³-hybridized carbons (Fsp3) is 0.182. The standard InChI is InChI=1S/C11H13N3O/c1-9-6-7-11(14-13-9)15-10(2)5-4-8-12-3/h4-8H,3H2,1-2H3/b8-4-,10-5+. The summed E-state index contributed by atoms with van der Waals surface area (Å²) in [7, 11) is 0. The van der Waals surface area contributed by atoms with Gasteiger partial charge in [0.1, 0.15) is 5.76 Å². The molecule has 0 aliphatic rings. The number of rotatable bonds is 4. The van der Waals surface area contributed by atoms with Crippen LogP contribution in [0.5, 0.6) is 5.88 Å². The topological polar surface area (TPSA) is 47.4 Å². The molecule has 4 heteroatoms. The molecule has 0 atom stereocenters. The predicted molar refractivity (Wildman–Crippen MR) is 59.8 cm³/mol. The van der Waals surface area contributed by atoms with Crippen LogP contribution in [0.3, 0.4) is 0 Å². The second-order valence-electron chi connectivity index (χ2n) is 2.92. The quantitative estimate of drug-likeness (QED) is 0.428. The number of nitrogens with zero attached hydrogens (tertiary/aromatic N) is 3. The lowest BCUT2D eigenvalue weighted by Crippen LogP contribution is -1.95. The predicted octanol–water partition coefficient (Wildman–Crippen LogP) is 2.28. The summed E-state index contributed by atoms with van der Waals surface area (Å²) in [5.41, 5.74) is 0.861. The van der Waals surface area contributed by atoms with Gasteiger partial charge < -0.3 is 4.74 Å². The van der Waals surface area contributed by atoms with E-state index in [2.05, 4.69) is 21.9 Å². The van der Waals surface area contributed by atoms with Crippen LogP contribution in [0.1, 0.15) is 12.6 Å². The second kappa shape index (κ2) is 5.70. The third kappa shape index (κ3) is 4.17. The summed E-state index contributed by atoms with van der Waals surface area (Å²) < 4.78 is 5.39. The van der Waals surface area contributed by atoms with Crippen molar-refractivity contribution >= 4 is 6.72 Å². The molecule has 1 aromatic heterocycles. The zero-order chi connectivity index (χ0) is 11.1. The maximum atomic E-state index is 5.39. The van der Waals surface area contributed by atoms with Gasteiger partial charge in [0.2, 0.25) is 5.88 Å². The van der Waals surface area contributed by atoms with Crippen molar-refractivity contribution in [3.05, 3.63) is 41.9 Å². The minimum absolute atomic E-state index is 0.481. The fourth-order valence-corrected chi connectivity index (χ4v) is 0.879. The Labute approximate surface area is 89.0 Å². The lowest BCUT2D eigenvalue weighted by atomic mass is 10.4.